The maximum absolute atomic E-state index is 13.3. The summed E-state index contributed by atoms with van der Waals surface area (Å²) in [4.78, 5) is 18.0. The third-order valence-electron chi connectivity index (χ3n) is 5.66. The molecule has 0 bridgehead atoms. The zero-order chi connectivity index (χ0) is 22.4. The van der Waals surface area contributed by atoms with E-state index in [0.717, 1.165) is 27.6 Å². The van der Waals surface area contributed by atoms with Crippen molar-refractivity contribution in [1.82, 2.24) is 28.5 Å². The topological polar surface area (TPSA) is 69.5 Å². The molecule has 0 saturated carbocycles. The summed E-state index contributed by atoms with van der Waals surface area (Å²) in [5.41, 5.74) is 4.84. The summed E-state index contributed by atoms with van der Waals surface area (Å²) in [6.07, 6.45) is 4.11. The van der Waals surface area contributed by atoms with Gasteiger partial charge < -0.3 is 4.40 Å². The minimum atomic E-state index is -0.0679. The number of imidazole rings is 1. The fourth-order valence-corrected chi connectivity index (χ4v) is 4.92. The van der Waals surface area contributed by atoms with Crippen LogP contribution >= 0.6 is 11.8 Å². The number of rotatable bonds is 5. The van der Waals surface area contributed by atoms with Gasteiger partial charge in [0.1, 0.15) is 5.65 Å². The molecule has 0 unspecified atom stereocenters. The molecule has 7 nitrogen and oxygen atoms in total. The molecule has 6 aromatic rings. The number of para-hydroxylation sites is 1. The highest BCUT2D eigenvalue weighted by molar-refractivity contribution is 7.98. The van der Waals surface area contributed by atoms with Gasteiger partial charge in [0.05, 0.1) is 23.1 Å². The first kappa shape index (κ1) is 19.8. The van der Waals surface area contributed by atoms with Gasteiger partial charge in [-0.05, 0) is 36.2 Å². The standard InChI is InChI=1S/C25H20N6OS/c1-17-11-12-22-26-19(15-29(22)13-17)16-33-25-28-27-24-30(14-18-7-3-2-4-8-18)23(32)20-9-5-6-10-21(20)31(24)25/h2-13,15H,14,16H2,1H3. The van der Waals surface area contributed by atoms with Crippen molar-refractivity contribution in [1.29, 1.82) is 0 Å². The van der Waals surface area contributed by atoms with Gasteiger partial charge in [-0.3, -0.25) is 13.8 Å². The Labute approximate surface area is 193 Å². The van der Waals surface area contributed by atoms with Crippen LogP contribution in [0.1, 0.15) is 16.8 Å². The van der Waals surface area contributed by atoms with Crippen molar-refractivity contribution in [2.75, 3.05) is 0 Å². The highest BCUT2D eigenvalue weighted by atomic mass is 32.2. The summed E-state index contributed by atoms with van der Waals surface area (Å²) in [6, 6.07) is 21.6. The fourth-order valence-electron chi connectivity index (χ4n) is 4.10. The lowest BCUT2D eigenvalue weighted by atomic mass is 10.2. The normalized spacial score (nSPS) is 11.7. The Balaban J connectivity index is 1.44. The van der Waals surface area contributed by atoms with Gasteiger partial charge >= 0.3 is 0 Å². The summed E-state index contributed by atoms with van der Waals surface area (Å²) in [5.74, 6) is 1.18. The van der Waals surface area contributed by atoms with Gasteiger partial charge in [0.25, 0.3) is 5.56 Å². The summed E-state index contributed by atoms with van der Waals surface area (Å²) in [7, 11) is 0. The second kappa shape index (κ2) is 7.90. The molecule has 0 aliphatic heterocycles. The van der Waals surface area contributed by atoms with E-state index in [9.17, 15) is 4.79 Å². The number of fused-ring (bicyclic) bond motifs is 4. The van der Waals surface area contributed by atoms with E-state index >= 15 is 0 Å². The third kappa shape index (κ3) is 3.48. The van der Waals surface area contributed by atoms with Gasteiger partial charge in [0.15, 0.2) is 5.16 Å². The van der Waals surface area contributed by atoms with Crippen molar-refractivity contribution in [2.24, 2.45) is 0 Å². The van der Waals surface area contributed by atoms with Crippen LogP contribution in [0.3, 0.4) is 0 Å². The highest BCUT2D eigenvalue weighted by Crippen LogP contribution is 2.25. The van der Waals surface area contributed by atoms with Crippen LogP contribution in [-0.2, 0) is 12.3 Å². The zero-order valence-corrected chi connectivity index (χ0v) is 18.7. The van der Waals surface area contributed by atoms with Crippen LogP contribution in [0.15, 0.2) is 89.1 Å². The lowest BCUT2D eigenvalue weighted by Gasteiger charge is -2.11. The molecule has 33 heavy (non-hydrogen) atoms. The van der Waals surface area contributed by atoms with Crippen molar-refractivity contribution in [3.8, 4) is 0 Å². The molecule has 0 amide bonds. The first-order valence-corrected chi connectivity index (χ1v) is 11.6. The van der Waals surface area contributed by atoms with E-state index in [-0.39, 0.29) is 5.56 Å². The molecular formula is C25H20N6OS. The smallest absolute Gasteiger partial charge is 0.263 e. The van der Waals surface area contributed by atoms with Gasteiger partial charge in [-0.15, -0.1) is 10.2 Å². The fraction of sp³-hybridized carbons (Fsp3) is 0.120. The van der Waals surface area contributed by atoms with Gasteiger partial charge in [-0.1, -0.05) is 60.3 Å². The molecular weight excluding hydrogens is 432 g/mol. The van der Waals surface area contributed by atoms with E-state index in [1.165, 1.54) is 5.56 Å². The van der Waals surface area contributed by atoms with E-state index in [2.05, 4.69) is 29.4 Å². The number of hydrogen-bond donors (Lipinski definition) is 0. The van der Waals surface area contributed by atoms with Crippen LogP contribution in [-0.4, -0.2) is 28.5 Å². The summed E-state index contributed by atoms with van der Waals surface area (Å²) in [5, 5.41) is 10.3. The Hall–Kier alpha value is -3.91. The predicted octanol–water partition coefficient (Wildman–Crippen LogP) is 4.34. The quantitative estimate of drug-likeness (QED) is 0.364. The van der Waals surface area contributed by atoms with Crippen LogP contribution in [0.25, 0.3) is 22.3 Å². The second-order valence-corrected chi connectivity index (χ2v) is 8.95. The molecule has 8 heteroatoms. The summed E-state index contributed by atoms with van der Waals surface area (Å²) < 4.78 is 5.72. The monoisotopic (exact) mass is 452 g/mol. The van der Waals surface area contributed by atoms with Crippen LogP contribution in [0, 0.1) is 6.92 Å². The van der Waals surface area contributed by atoms with Crippen LogP contribution in [0.2, 0.25) is 0 Å². The number of nitrogens with zero attached hydrogens (tertiary/aromatic N) is 6. The predicted molar refractivity (Wildman–Crippen MR) is 130 cm³/mol. The molecule has 6 rings (SSSR count). The molecule has 0 radical (unpaired) electrons. The van der Waals surface area contributed by atoms with Crippen molar-refractivity contribution in [2.45, 2.75) is 24.4 Å². The average Bonchev–Trinajstić information content (AvgIpc) is 3.44. The van der Waals surface area contributed by atoms with Crippen LogP contribution in [0.5, 0.6) is 0 Å². The van der Waals surface area contributed by atoms with Crippen molar-refractivity contribution in [3.63, 3.8) is 0 Å². The van der Waals surface area contributed by atoms with Gasteiger partial charge in [0, 0.05) is 18.1 Å². The summed E-state index contributed by atoms with van der Waals surface area (Å²) >= 11 is 1.56. The average molecular weight is 453 g/mol. The largest absolute Gasteiger partial charge is 0.307 e. The maximum Gasteiger partial charge on any atom is 0.263 e. The first-order valence-electron chi connectivity index (χ1n) is 10.6. The van der Waals surface area contributed by atoms with Crippen LogP contribution in [0.4, 0.5) is 0 Å². The van der Waals surface area contributed by atoms with Crippen molar-refractivity contribution in [3.05, 3.63) is 106 Å². The Morgan fingerprint density at radius 2 is 1.73 bits per heavy atom. The number of aromatic nitrogens is 6. The Bertz CT molecular complexity index is 1680. The first-order chi connectivity index (χ1) is 16.2. The lowest BCUT2D eigenvalue weighted by molar-refractivity contribution is 0.764. The maximum atomic E-state index is 13.3. The van der Waals surface area contributed by atoms with E-state index in [1.807, 2.05) is 75.7 Å². The summed E-state index contributed by atoms with van der Waals surface area (Å²) in [6.45, 7) is 2.50. The molecule has 0 N–H and O–H groups in total. The van der Waals surface area contributed by atoms with Crippen molar-refractivity contribution >= 4 is 34.1 Å². The molecule has 0 atom stereocenters. The molecule has 0 aliphatic carbocycles. The minimum Gasteiger partial charge on any atom is -0.307 e. The highest BCUT2D eigenvalue weighted by Gasteiger charge is 2.17. The lowest BCUT2D eigenvalue weighted by Crippen LogP contribution is -2.24. The Morgan fingerprint density at radius 1 is 0.909 bits per heavy atom. The molecule has 2 aromatic carbocycles. The molecule has 0 aliphatic rings. The molecule has 4 heterocycles. The van der Waals surface area contributed by atoms with E-state index in [4.69, 9.17) is 4.98 Å². The SMILES string of the molecule is Cc1ccc2nc(CSc3nnc4n(Cc5ccccc5)c(=O)c5ccccc5n34)cn2c1. The number of pyridine rings is 1. The van der Waals surface area contributed by atoms with E-state index in [1.54, 1.807) is 16.3 Å². The number of aryl methyl sites for hydroxylation is 1. The van der Waals surface area contributed by atoms with Gasteiger partial charge in [-0.25, -0.2) is 4.98 Å². The van der Waals surface area contributed by atoms with Gasteiger partial charge in [0.2, 0.25) is 5.78 Å². The molecule has 0 fully saturated rings. The Morgan fingerprint density at radius 3 is 2.61 bits per heavy atom. The molecule has 0 saturated heterocycles. The zero-order valence-electron chi connectivity index (χ0n) is 17.9. The Kier molecular flexibility index (Phi) is 4.73. The molecule has 0 spiro atoms. The van der Waals surface area contributed by atoms with Gasteiger partial charge in [-0.2, -0.15) is 0 Å². The van der Waals surface area contributed by atoms with E-state index in [0.29, 0.717) is 23.5 Å². The third-order valence-corrected chi connectivity index (χ3v) is 6.62. The number of hydrogen-bond acceptors (Lipinski definition) is 5. The molecule has 4 aromatic heterocycles. The van der Waals surface area contributed by atoms with Crippen LogP contribution < -0.4 is 5.56 Å². The number of benzene rings is 2. The number of thioether (sulfide) groups is 1. The minimum absolute atomic E-state index is 0.0679. The molecule has 162 valence electrons. The second-order valence-electron chi connectivity index (χ2n) is 8.00. The van der Waals surface area contributed by atoms with E-state index < -0.39 is 0 Å². The van der Waals surface area contributed by atoms with Crippen molar-refractivity contribution < 1.29 is 0 Å².